The molecule has 4 aromatic carbocycles. The van der Waals surface area contributed by atoms with Crippen molar-refractivity contribution in [2.24, 2.45) is 21.8 Å². The van der Waals surface area contributed by atoms with Crippen LogP contribution in [0.4, 0.5) is 11.4 Å². The number of benzene rings is 4. The minimum Gasteiger partial charge on any atom is -0.370 e. The van der Waals surface area contributed by atoms with Gasteiger partial charge in [-0.15, -0.1) is 0 Å². The lowest BCUT2D eigenvalue weighted by molar-refractivity contribution is 0.0298. The summed E-state index contributed by atoms with van der Waals surface area (Å²) < 4.78 is 6.74. The van der Waals surface area contributed by atoms with Crippen molar-refractivity contribution in [1.29, 1.82) is 0 Å². The molecule has 0 spiro atoms. The molecule has 0 N–H and O–H groups in total. The highest BCUT2D eigenvalue weighted by molar-refractivity contribution is 6.17. The Morgan fingerprint density at radius 1 is 0.740 bits per heavy atom. The molecule has 2 fully saturated rings. The second-order valence-corrected chi connectivity index (χ2v) is 14.5. The van der Waals surface area contributed by atoms with Crippen molar-refractivity contribution in [2.75, 3.05) is 4.90 Å². The smallest absolute Gasteiger partial charge is 0.155 e. The molecule has 0 bridgehead atoms. The van der Waals surface area contributed by atoms with Crippen LogP contribution in [0.5, 0.6) is 0 Å². The Morgan fingerprint density at radius 3 is 2.42 bits per heavy atom. The second-order valence-electron chi connectivity index (χ2n) is 14.5. The van der Waals surface area contributed by atoms with Gasteiger partial charge in [0.05, 0.1) is 29.6 Å². The number of aliphatic imine (C=N–C) groups is 2. The number of hydrogen-bond donors (Lipinski definition) is 0. The van der Waals surface area contributed by atoms with Crippen LogP contribution in [0.2, 0.25) is 0 Å². The van der Waals surface area contributed by atoms with Gasteiger partial charge in [0.1, 0.15) is 0 Å². The zero-order valence-electron chi connectivity index (χ0n) is 28.2. The zero-order valence-corrected chi connectivity index (χ0v) is 28.2. The summed E-state index contributed by atoms with van der Waals surface area (Å²) in [5.41, 5.74) is 11.1. The van der Waals surface area contributed by atoms with Crippen LogP contribution in [0, 0.1) is 11.8 Å². The van der Waals surface area contributed by atoms with Gasteiger partial charge in [0, 0.05) is 47.0 Å². The third kappa shape index (κ3) is 5.00. The van der Waals surface area contributed by atoms with Crippen LogP contribution in [-0.2, 0) is 4.74 Å². The van der Waals surface area contributed by atoms with E-state index in [-0.39, 0.29) is 18.2 Å². The maximum absolute atomic E-state index is 6.74. The molecular formula is C46H41N3O. The number of ether oxygens (including phenoxy) is 1. The fraction of sp³-hybridized carbons (Fsp3) is 0.261. The fourth-order valence-corrected chi connectivity index (χ4v) is 9.63. The third-order valence-corrected chi connectivity index (χ3v) is 11.8. The maximum Gasteiger partial charge on any atom is 0.155 e. The Hall–Kier alpha value is -5.06. The summed E-state index contributed by atoms with van der Waals surface area (Å²) in [5, 5.41) is 0. The molecule has 1 saturated carbocycles. The molecule has 0 aromatic heterocycles. The molecular weight excluding hydrogens is 611 g/mol. The van der Waals surface area contributed by atoms with Gasteiger partial charge in [-0.2, -0.15) is 0 Å². The van der Waals surface area contributed by atoms with Crippen LogP contribution >= 0.6 is 0 Å². The molecule has 50 heavy (non-hydrogen) atoms. The highest BCUT2D eigenvalue weighted by atomic mass is 16.5. The van der Waals surface area contributed by atoms with E-state index in [0.717, 1.165) is 49.2 Å². The van der Waals surface area contributed by atoms with E-state index in [0.29, 0.717) is 23.8 Å². The minimum absolute atomic E-state index is 0.00377. The first-order valence-corrected chi connectivity index (χ1v) is 18.5. The molecule has 246 valence electrons. The van der Waals surface area contributed by atoms with Crippen molar-refractivity contribution < 1.29 is 4.74 Å². The Kier molecular flexibility index (Phi) is 7.38. The number of fused-ring (bicyclic) bond motifs is 7. The summed E-state index contributed by atoms with van der Waals surface area (Å²) in [5.74, 6) is 2.11. The third-order valence-electron chi connectivity index (χ3n) is 11.8. The second kappa shape index (κ2) is 12.4. The van der Waals surface area contributed by atoms with Gasteiger partial charge >= 0.3 is 0 Å². The summed E-state index contributed by atoms with van der Waals surface area (Å²) in [6.45, 7) is 0. The predicted molar refractivity (Wildman–Crippen MR) is 204 cm³/mol. The van der Waals surface area contributed by atoms with Gasteiger partial charge in [-0.1, -0.05) is 127 Å². The monoisotopic (exact) mass is 651 g/mol. The number of allylic oxidation sites excluding steroid dienone is 4. The van der Waals surface area contributed by atoms with E-state index >= 15 is 0 Å². The molecule has 4 aromatic rings. The van der Waals surface area contributed by atoms with Gasteiger partial charge in [0.15, 0.2) is 5.84 Å². The average molecular weight is 652 g/mol. The van der Waals surface area contributed by atoms with Gasteiger partial charge in [0.25, 0.3) is 0 Å². The number of amidine groups is 1. The predicted octanol–water partition coefficient (Wildman–Crippen LogP) is 10.5. The molecule has 4 heteroatoms. The topological polar surface area (TPSA) is 37.2 Å². The Balaban J connectivity index is 1.14. The average Bonchev–Trinajstić information content (AvgIpc) is 3.74. The zero-order chi connectivity index (χ0) is 33.0. The molecule has 7 unspecified atom stereocenters. The molecule has 0 radical (unpaired) electrons. The maximum atomic E-state index is 6.74. The molecule has 3 heterocycles. The minimum atomic E-state index is -0.00377. The summed E-state index contributed by atoms with van der Waals surface area (Å²) in [7, 11) is 0. The number of anilines is 2. The molecule has 7 atom stereocenters. The number of para-hydroxylation sites is 1. The molecule has 1 saturated heterocycles. The molecule has 4 nitrogen and oxygen atoms in total. The van der Waals surface area contributed by atoms with Gasteiger partial charge in [0.2, 0.25) is 0 Å². The highest BCUT2D eigenvalue weighted by Gasteiger charge is 2.56. The van der Waals surface area contributed by atoms with Gasteiger partial charge in [-0.25, -0.2) is 4.99 Å². The van der Waals surface area contributed by atoms with Crippen molar-refractivity contribution in [3.63, 3.8) is 0 Å². The molecule has 0 amide bonds. The summed E-state index contributed by atoms with van der Waals surface area (Å²) in [4.78, 5) is 13.5. The molecule has 3 aliphatic heterocycles. The fourth-order valence-electron chi connectivity index (χ4n) is 9.63. The Labute approximate surface area is 295 Å². The van der Waals surface area contributed by atoms with Crippen molar-refractivity contribution in [2.45, 2.75) is 62.3 Å². The normalized spacial score (nSPS) is 29.0. The SMILES string of the molecule is C1=CC2OC3CCC4C(c5ccccc5N4c4ccc(-c5ccccc5)cc4C4=NC(C5=CCCC=C5)=NC(c5ccccc5)C4)C3C2C=C1. The van der Waals surface area contributed by atoms with Crippen molar-refractivity contribution >= 4 is 22.9 Å². The van der Waals surface area contributed by atoms with E-state index < -0.39 is 0 Å². The van der Waals surface area contributed by atoms with Crippen LogP contribution in [0.25, 0.3) is 11.1 Å². The number of rotatable bonds is 5. The van der Waals surface area contributed by atoms with Crippen LogP contribution in [-0.4, -0.2) is 29.8 Å². The van der Waals surface area contributed by atoms with Gasteiger partial charge < -0.3 is 9.64 Å². The van der Waals surface area contributed by atoms with E-state index in [9.17, 15) is 0 Å². The lowest BCUT2D eigenvalue weighted by atomic mass is 9.67. The summed E-state index contributed by atoms with van der Waals surface area (Å²) in [6, 6.07) is 38.2. The molecule has 6 aliphatic rings. The quantitative estimate of drug-likeness (QED) is 0.215. The number of hydrogen-bond acceptors (Lipinski definition) is 4. The van der Waals surface area contributed by atoms with E-state index in [1.165, 1.54) is 39.2 Å². The lowest BCUT2D eigenvalue weighted by Gasteiger charge is -2.41. The van der Waals surface area contributed by atoms with Gasteiger partial charge in [-0.05, 0) is 66.1 Å². The first-order valence-electron chi connectivity index (χ1n) is 18.5. The van der Waals surface area contributed by atoms with E-state index in [1.807, 2.05) is 0 Å². The summed E-state index contributed by atoms with van der Waals surface area (Å²) >= 11 is 0. The first kappa shape index (κ1) is 29.8. The largest absolute Gasteiger partial charge is 0.370 e. The highest BCUT2D eigenvalue weighted by Crippen LogP contribution is 2.59. The molecule has 10 rings (SSSR count). The van der Waals surface area contributed by atoms with Crippen molar-refractivity contribution in [1.82, 2.24) is 0 Å². The van der Waals surface area contributed by atoms with Crippen LogP contribution < -0.4 is 4.90 Å². The van der Waals surface area contributed by atoms with Crippen molar-refractivity contribution in [3.05, 3.63) is 168 Å². The Morgan fingerprint density at radius 2 is 1.56 bits per heavy atom. The Bertz CT molecular complexity index is 2120. The van der Waals surface area contributed by atoms with Crippen LogP contribution in [0.15, 0.2) is 161 Å². The van der Waals surface area contributed by atoms with E-state index in [4.69, 9.17) is 14.7 Å². The van der Waals surface area contributed by atoms with Crippen LogP contribution in [0.1, 0.15) is 60.8 Å². The standard InChI is InChI=1S/C46H41N3O/c1-4-14-30(15-5-1)33-24-25-40(36(28-33)38-29-37(31-16-6-2-7-17-31)47-46(48-38)32-18-8-3-9-19-32)49-39-22-12-10-20-34(39)44-41(49)26-27-43-45(44)35-21-11-13-23-42(35)50-43/h1-2,4-8,10-25,28,35,37,41-45H,3,9,26-27,29H2. The van der Waals surface area contributed by atoms with Crippen LogP contribution in [0.3, 0.4) is 0 Å². The number of nitrogens with zero attached hydrogens (tertiary/aromatic N) is 3. The van der Waals surface area contributed by atoms with Gasteiger partial charge in [-0.3, -0.25) is 4.99 Å². The lowest BCUT2D eigenvalue weighted by Crippen LogP contribution is -2.43. The molecule has 3 aliphatic carbocycles. The van der Waals surface area contributed by atoms with E-state index in [1.54, 1.807) is 0 Å². The summed E-state index contributed by atoms with van der Waals surface area (Å²) in [6.07, 6.45) is 21.3. The van der Waals surface area contributed by atoms with E-state index in [2.05, 4.69) is 151 Å². The van der Waals surface area contributed by atoms with Crippen molar-refractivity contribution in [3.8, 4) is 11.1 Å². The first-order chi connectivity index (χ1) is 24.8.